The molecule has 2 atom stereocenters. The molecule has 0 aromatic carbocycles. The maximum absolute atomic E-state index is 2.34. The van der Waals surface area contributed by atoms with Gasteiger partial charge in [-0.2, -0.15) is 0 Å². The van der Waals surface area contributed by atoms with Crippen molar-refractivity contribution in [1.82, 2.24) is 0 Å². The highest BCUT2D eigenvalue weighted by molar-refractivity contribution is 5.28. The van der Waals surface area contributed by atoms with Gasteiger partial charge in [-0.15, -0.1) is 0 Å². The summed E-state index contributed by atoms with van der Waals surface area (Å²) in [4.78, 5) is 0. The zero-order valence-electron chi connectivity index (χ0n) is 9.31. The van der Waals surface area contributed by atoms with Crippen molar-refractivity contribution < 1.29 is 0 Å². The van der Waals surface area contributed by atoms with Gasteiger partial charge in [0.15, 0.2) is 0 Å². The highest BCUT2D eigenvalue weighted by Crippen LogP contribution is 2.27. The Balaban J connectivity index is 0.000000561. The van der Waals surface area contributed by atoms with E-state index in [0.29, 0.717) is 0 Å². The smallest absolute Gasteiger partial charge is 0.0171 e. The Hall–Kier alpha value is -0.520. The molecule has 1 rings (SSSR count). The molecule has 0 saturated heterocycles. The van der Waals surface area contributed by atoms with Crippen molar-refractivity contribution in [2.24, 2.45) is 11.8 Å². The van der Waals surface area contributed by atoms with Crippen LogP contribution in [0.1, 0.15) is 41.5 Å². The van der Waals surface area contributed by atoms with Crippen molar-refractivity contribution in [3.63, 3.8) is 0 Å². The van der Waals surface area contributed by atoms with Crippen LogP contribution in [-0.4, -0.2) is 0 Å². The Kier molecular flexibility index (Phi) is 4.96. The van der Waals surface area contributed by atoms with Crippen molar-refractivity contribution in [2.75, 3.05) is 0 Å². The van der Waals surface area contributed by atoms with E-state index in [0.717, 1.165) is 11.8 Å². The molecule has 0 amide bonds. The molecule has 12 heavy (non-hydrogen) atoms. The van der Waals surface area contributed by atoms with E-state index >= 15 is 0 Å². The van der Waals surface area contributed by atoms with Gasteiger partial charge in [-0.3, -0.25) is 0 Å². The Bertz CT molecular complexity index is 184. The van der Waals surface area contributed by atoms with Crippen molar-refractivity contribution in [3.8, 4) is 0 Å². The molecule has 0 saturated carbocycles. The third-order valence-electron chi connectivity index (χ3n) is 2.49. The van der Waals surface area contributed by atoms with Crippen LogP contribution < -0.4 is 0 Å². The normalized spacial score (nSPS) is 28.2. The van der Waals surface area contributed by atoms with Crippen LogP contribution >= 0.6 is 0 Å². The number of hydrogen-bond donors (Lipinski definition) is 0. The number of hydrogen-bond acceptors (Lipinski definition) is 0. The second-order valence-corrected chi connectivity index (χ2v) is 3.45. The van der Waals surface area contributed by atoms with Crippen LogP contribution in [0.5, 0.6) is 0 Å². The summed E-state index contributed by atoms with van der Waals surface area (Å²) >= 11 is 0. The van der Waals surface area contributed by atoms with Gasteiger partial charge in [-0.1, -0.05) is 51.0 Å². The first-order valence-electron chi connectivity index (χ1n) is 4.98. The van der Waals surface area contributed by atoms with Crippen molar-refractivity contribution in [3.05, 3.63) is 23.3 Å². The molecule has 2 unspecified atom stereocenters. The molecule has 1 aliphatic rings. The van der Waals surface area contributed by atoms with Gasteiger partial charge in [0.1, 0.15) is 0 Å². The molecule has 70 valence electrons. The summed E-state index contributed by atoms with van der Waals surface area (Å²) in [7, 11) is 0. The van der Waals surface area contributed by atoms with Gasteiger partial charge in [-0.05, 0) is 25.7 Å². The quantitative estimate of drug-likeness (QED) is 0.506. The van der Waals surface area contributed by atoms with E-state index in [1.165, 1.54) is 11.1 Å². The average molecular weight is 166 g/mol. The molecule has 0 aromatic heterocycles. The van der Waals surface area contributed by atoms with Gasteiger partial charge in [0.25, 0.3) is 0 Å². The molecule has 0 N–H and O–H groups in total. The van der Waals surface area contributed by atoms with Crippen molar-refractivity contribution in [1.29, 1.82) is 0 Å². The molecule has 0 bridgehead atoms. The fraction of sp³-hybridized carbons (Fsp3) is 0.667. The number of rotatable bonds is 0. The monoisotopic (exact) mass is 166 g/mol. The summed E-state index contributed by atoms with van der Waals surface area (Å²) in [6.45, 7) is 13.0. The summed E-state index contributed by atoms with van der Waals surface area (Å²) in [6, 6.07) is 0. The zero-order chi connectivity index (χ0) is 9.72. The first-order valence-corrected chi connectivity index (χ1v) is 4.98. The van der Waals surface area contributed by atoms with Crippen LogP contribution in [-0.2, 0) is 0 Å². The lowest BCUT2D eigenvalue weighted by atomic mass is 9.83. The van der Waals surface area contributed by atoms with Crippen molar-refractivity contribution in [2.45, 2.75) is 41.5 Å². The van der Waals surface area contributed by atoms with Gasteiger partial charge in [-0.25, -0.2) is 0 Å². The van der Waals surface area contributed by atoms with Crippen LogP contribution in [0.4, 0.5) is 0 Å². The van der Waals surface area contributed by atoms with Gasteiger partial charge < -0.3 is 0 Å². The lowest BCUT2D eigenvalue weighted by molar-refractivity contribution is 0.519. The molecule has 0 heterocycles. The Morgan fingerprint density at radius 1 is 1.08 bits per heavy atom. The zero-order valence-corrected chi connectivity index (χ0v) is 9.31. The summed E-state index contributed by atoms with van der Waals surface area (Å²) in [5, 5.41) is 0. The molecular formula is C12H22. The van der Waals surface area contributed by atoms with Gasteiger partial charge in [0.2, 0.25) is 0 Å². The molecule has 0 heteroatoms. The van der Waals surface area contributed by atoms with E-state index in [1.807, 2.05) is 13.8 Å². The summed E-state index contributed by atoms with van der Waals surface area (Å²) in [6.07, 6.45) is 4.63. The maximum Gasteiger partial charge on any atom is -0.0171 e. The summed E-state index contributed by atoms with van der Waals surface area (Å²) in [5.41, 5.74) is 2.94. The molecule has 0 nitrogen and oxygen atoms in total. The summed E-state index contributed by atoms with van der Waals surface area (Å²) in [5.74, 6) is 1.47. The second-order valence-electron chi connectivity index (χ2n) is 3.45. The molecule has 0 radical (unpaired) electrons. The van der Waals surface area contributed by atoms with Crippen LogP contribution in [0.15, 0.2) is 23.3 Å². The highest BCUT2D eigenvalue weighted by atomic mass is 14.2. The van der Waals surface area contributed by atoms with Crippen LogP contribution in [0, 0.1) is 11.8 Å². The fourth-order valence-corrected chi connectivity index (χ4v) is 1.51. The lowest BCUT2D eigenvalue weighted by Gasteiger charge is -2.22. The standard InChI is InChI=1S/C10H16.C2H6/c1-7-5-8(2)10(4)9(3)6-7;1-2/h5-6,8,10H,1-4H3;1-2H3. The molecule has 0 spiro atoms. The van der Waals surface area contributed by atoms with Gasteiger partial charge >= 0.3 is 0 Å². The van der Waals surface area contributed by atoms with Gasteiger partial charge in [0.05, 0.1) is 0 Å². The van der Waals surface area contributed by atoms with Crippen LogP contribution in [0.3, 0.4) is 0 Å². The fourth-order valence-electron chi connectivity index (χ4n) is 1.51. The topological polar surface area (TPSA) is 0 Å². The van der Waals surface area contributed by atoms with E-state index < -0.39 is 0 Å². The minimum atomic E-state index is 0.727. The first kappa shape index (κ1) is 11.5. The predicted molar refractivity (Wildman–Crippen MR) is 57.2 cm³/mol. The van der Waals surface area contributed by atoms with E-state index in [9.17, 15) is 0 Å². The highest BCUT2D eigenvalue weighted by Gasteiger charge is 2.14. The van der Waals surface area contributed by atoms with E-state index in [2.05, 4.69) is 39.8 Å². The Morgan fingerprint density at radius 3 is 2.00 bits per heavy atom. The minimum absolute atomic E-state index is 0.727. The van der Waals surface area contributed by atoms with Crippen LogP contribution in [0.2, 0.25) is 0 Å². The second kappa shape index (κ2) is 5.18. The summed E-state index contributed by atoms with van der Waals surface area (Å²) < 4.78 is 0. The van der Waals surface area contributed by atoms with E-state index in [4.69, 9.17) is 0 Å². The molecule has 0 fully saturated rings. The Labute approximate surface area is 77.4 Å². The van der Waals surface area contributed by atoms with Gasteiger partial charge in [0, 0.05) is 0 Å². The number of allylic oxidation sites excluding steroid dienone is 4. The van der Waals surface area contributed by atoms with E-state index in [1.54, 1.807) is 0 Å². The first-order chi connectivity index (χ1) is 5.61. The predicted octanol–water partition coefficient (Wildman–Crippen LogP) is 4.19. The van der Waals surface area contributed by atoms with E-state index in [-0.39, 0.29) is 0 Å². The third kappa shape index (κ3) is 2.84. The third-order valence-corrected chi connectivity index (χ3v) is 2.49. The molecular weight excluding hydrogens is 144 g/mol. The van der Waals surface area contributed by atoms with Crippen LogP contribution in [0.25, 0.3) is 0 Å². The van der Waals surface area contributed by atoms with Crippen molar-refractivity contribution >= 4 is 0 Å². The molecule has 1 aliphatic carbocycles. The minimum Gasteiger partial charge on any atom is -0.0782 e. The molecule has 0 aromatic rings. The largest absolute Gasteiger partial charge is 0.0782 e. The molecule has 0 aliphatic heterocycles. The SMILES string of the molecule is CC.CC1=CC(C)C(C)C(C)=C1. The average Bonchev–Trinajstić information content (AvgIpc) is 2.04. The Morgan fingerprint density at radius 2 is 1.58 bits per heavy atom. The maximum atomic E-state index is 2.34. The lowest BCUT2D eigenvalue weighted by Crippen LogP contribution is -2.10.